The van der Waals surface area contributed by atoms with Crippen molar-refractivity contribution in [3.63, 3.8) is 0 Å². The Morgan fingerprint density at radius 1 is 1.03 bits per heavy atom. The number of aryl methyl sites for hydroxylation is 1. The van der Waals surface area contributed by atoms with E-state index < -0.39 is 0 Å². The number of hydrogen-bond acceptors (Lipinski definition) is 4. The first-order valence-electron chi connectivity index (χ1n) is 12.8. The van der Waals surface area contributed by atoms with Crippen LogP contribution in [0.25, 0.3) is 16.5 Å². The summed E-state index contributed by atoms with van der Waals surface area (Å²) in [6.07, 6.45) is 0. The zero-order valence-corrected chi connectivity index (χ0v) is 23.2. The third kappa shape index (κ3) is 5.88. The summed E-state index contributed by atoms with van der Waals surface area (Å²) in [5.74, 6) is 9.50. The zero-order valence-electron chi connectivity index (χ0n) is 22.3. The van der Waals surface area contributed by atoms with Gasteiger partial charge in [-0.25, -0.2) is 9.48 Å². The molecule has 1 aliphatic rings. The van der Waals surface area contributed by atoms with Gasteiger partial charge in [-0.05, 0) is 36.6 Å². The molecule has 0 aliphatic carbocycles. The minimum Gasteiger partial charge on any atom is -0.307 e. The molecule has 1 aromatic heterocycles. The molecule has 0 atom stereocenters. The van der Waals surface area contributed by atoms with Crippen molar-refractivity contribution >= 4 is 40.1 Å². The summed E-state index contributed by atoms with van der Waals surface area (Å²) < 4.78 is 1.79. The number of amides is 2. The number of urea groups is 1. The number of carbonyl (C=O) groups is 1. The van der Waals surface area contributed by atoms with Crippen LogP contribution in [0.5, 0.6) is 0 Å². The first kappa shape index (κ1) is 25.9. The quantitative estimate of drug-likeness (QED) is 0.295. The molecular formula is C31H33N5OS. The molecule has 0 spiro atoms. The third-order valence-corrected chi connectivity index (χ3v) is 7.54. The lowest BCUT2D eigenvalue weighted by Gasteiger charge is -2.14. The van der Waals surface area contributed by atoms with Crippen molar-refractivity contribution in [1.82, 2.24) is 14.7 Å². The van der Waals surface area contributed by atoms with Crippen LogP contribution in [0.3, 0.4) is 0 Å². The molecule has 2 N–H and O–H groups in total. The molecule has 0 bridgehead atoms. The average Bonchev–Trinajstić information content (AvgIpc) is 3.56. The fraction of sp³-hybridized carbons (Fsp3) is 0.290. The SMILES string of the molecule is Cc1ccc(-n2nc(C(C)(C)C)cc2NC(=O)Nc2ccc(C#CCN3CCSC3)c3ccccc23)cc1. The molecule has 0 unspecified atom stereocenters. The number of nitrogens with zero attached hydrogens (tertiary/aromatic N) is 3. The van der Waals surface area contributed by atoms with Crippen LogP contribution >= 0.6 is 11.8 Å². The highest BCUT2D eigenvalue weighted by atomic mass is 32.2. The minimum atomic E-state index is -0.325. The van der Waals surface area contributed by atoms with Crippen LogP contribution in [0.2, 0.25) is 0 Å². The van der Waals surface area contributed by atoms with Crippen molar-refractivity contribution in [1.29, 1.82) is 0 Å². The molecule has 1 fully saturated rings. The van der Waals surface area contributed by atoms with Crippen molar-refractivity contribution in [2.45, 2.75) is 33.1 Å². The Balaban J connectivity index is 1.39. The Morgan fingerprint density at radius 3 is 2.50 bits per heavy atom. The number of rotatable bonds is 4. The largest absolute Gasteiger partial charge is 0.324 e. The standard InChI is InChI=1S/C31H33N5OS/c1-22-11-14-24(15-12-22)36-29(20-28(34-36)31(2,3)4)33-30(37)32-27-16-13-23(25-9-5-6-10-26(25)27)8-7-17-35-18-19-38-21-35/h5-6,9-16,20H,17-19,21H2,1-4H3,(H2,32,33,37). The van der Waals surface area contributed by atoms with E-state index >= 15 is 0 Å². The first-order chi connectivity index (χ1) is 18.3. The second-order valence-corrected chi connectivity index (χ2v) is 11.7. The molecule has 7 heteroatoms. The molecule has 3 aromatic carbocycles. The summed E-state index contributed by atoms with van der Waals surface area (Å²) in [7, 11) is 0. The van der Waals surface area contributed by atoms with Gasteiger partial charge in [0.05, 0.1) is 23.6 Å². The lowest BCUT2D eigenvalue weighted by molar-refractivity contribution is 0.262. The Kier molecular flexibility index (Phi) is 7.46. The van der Waals surface area contributed by atoms with E-state index in [1.807, 2.05) is 79.3 Å². The van der Waals surface area contributed by atoms with Gasteiger partial charge in [-0.3, -0.25) is 10.2 Å². The summed E-state index contributed by atoms with van der Waals surface area (Å²) in [5.41, 5.74) is 4.49. The summed E-state index contributed by atoms with van der Waals surface area (Å²) in [5, 5.41) is 12.9. The Morgan fingerprint density at radius 2 is 1.79 bits per heavy atom. The van der Waals surface area contributed by atoms with Crippen LogP contribution in [0.1, 0.15) is 37.6 Å². The number of fused-ring (bicyclic) bond motifs is 1. The second kappa shape index (κ2) is 10.9. The number of thioether (sulfide) groups is 1. The lowest BCUT2D eigenvalue weighted by atomic mass is 9.92. The summed E-state index contributed by atoms with van der Waals surface area (Å²) >= 11 is 1.95. The highest BCUT2D eigenvalue weighted by molar-refractivity contribution is 7.99. The van der Waals surface area contributed by atoms with Crippen molar-refractivity contribution in [2.75, 3.05) is 35.4 Å². The van der Waals surface area contributed by atoms with E-state index in [4.69, 9.17) is 5.10 Å². The molecule has 0 radical (unpaired) electrons. The van der Waals surface area contributed by atoms with Crippen LogP contribution in [0, 0.1) is 18.8 Å². The van der Waals surface area contributed by atoms with Crippen molar-refractivity contribution in [3.05, 3.63) is 83.6 Å². The molecular weight excluding hydrogens is 490 g/mol. The maximum atomic E-state index is 13.2. The molecule has 38 heavy (non-hydrogen) atoms. The molecule has 5 rings (SSSR count). The van der Waals surface area contributed by atoms with E-state index in [9.17, 15) is 4.79 Å². The molecule has 1 aliphatic heterocycles. The van der Waals surface area contributed by atoms with Gasteiger partial charge in [-0.15, -0.1) is 11.8 Å². The monoisotopic (exact) mass is 523 g/mol. The Bertz CT molecular complexity index is 1520. The number of aromatic nitrogens is 2. The van der Waals surface area contributed by atoms with E-state index in [-0.39, 0.29) is 11.4 Å². The van der Waals surface area contributed by atoms with Gasteiger partial charge in [0, 0.05) is 40.6 Å². The fourth-order valence-electron chi connectivity index (χ4n) is 4.33. The summed E-state index contributed by atoms with van der Waals surface area (Å²) in [6.45, 7) is 10.2. The van der Waals surface area contributed by atoms with E-state index in [0.717, 1.165) is 52.4 Å². The predicted molar refractivity (Wildman–Crippen MR) is 159 cm³/mol. The Labute approximate surface area is 228 Å². The van der Waals surface area contributed by atoms with Crippen LogP contribution in [0.15, 0.2) is 66.7 Å². The maximum absolute atomic E-state index is 13.2. The fourth-order valence-corrected chi connectivity index (χ4v) is 5.32. The van der Waals surface area contributed by atoms with Gasteiger partial charge < -0.3 is 5.32 Å². The molecule has 4 aromatic rings. The van der Waals surface area contributed by atoms with Crippen molar-refractivity contribution in [3.8, 4) is 17.5 Å². The van der Waals surface area contributed by atoms with Crippen LogP contribution in [0.4, 0.5) is 16.3 Å². The topological polar surface area (TPSA) is 62.2 Å². The Hall–Kier alpha value is -3.73. The van der Waals surface area contributed by atoms with Gasteiger partial charge in [0.25, 0.3) is 0 Å². The molecule has 2 heterocycles. The lowest BCUT2D eigenvalue weighted by Crippen LogP contribution is -2.21. The van der Waals surface area contributed by atoms with E-state index in [2.05, 4.69) is 54.2 Å². The molecule has 0 saturated carbocycles. The van der Waals surface area contributed by atoms with Gasteiger partial charge in [0.2, 0.25) is 0 Å². The molecule has 6 nitrogen and oxygen atoms in total. The number of carbonyl (C=O) groups excluding carboxylic acids is 1. The third-order valence-electron chi connectivity index (χ3n) is 6.52. The number of anilines is 2. The van der Waals surface area contributed by atoms with E-state index in [1.165, 1.54) is 11.3 Å². The smallest absolute Gasteiger partial charge is 0.307 e. The van der Waals surface area contributed by atoms with Crippen LogP contribution in [-0.4, -0.2) is 45.4 Å². The highest BCUT2D eigenvalue weighted by Crippen LogP contribution is 2.29. The number of nitrogens with one attached hydrogen (secondary N) is 2. The van der Waals surface area contributed by atoms with Crippen LogP contribution in [-0.2, 0) is 5.41 Å². The van der Waals surface area contributed by atoms with Gasteiger partial charge >= 0.3 is 6.03 Å². The van der Waals surface area contributed by atoms with E-state index in [0.29, 0.717) is 5.82 Å². The summed E-state index contributed by atoms with van der Waals surface area (Å²) in [6, 6.07) is 21.7. The predicted octanol–water partition coefficient (Wildman–Crippen LogP) is 6.63. The van der Waals surface area contributed by atoms with Crippen LogP contribution < -0.4 is 10.6 Å². The number of benzene rings is 3. The highest BCUT2D eigenvalue weighted by Gasteiger charge is 2.22. The van der Waals surface area contributed by atoms with E-state index in [1.54, 1.807) is 4.68 Å². The maximum Gasteiger partial charge on any atom is 0.324 e. The van der Waals surface area contributed by atoms with Crippen molar-refractivity contribution < 1.29 is 4.79 Å². The molecule has 194 valence electrons. The van der Waals surface area contributed by atoms with Gasteiger partial charge in [-0.1, -0.05) is 74.6 Å². The molecule has 1 saturated heterocycles. The molecule has 2 amide bonds. The van der Waals surface area contributed by atoms with Crippen molar-refractivity contribution in [2.24, 2.45) is 0 Å². The zero-order chi connectivity index (χ0) is 26.7. The minimum absolute atomic E-state index is 0.163. The average molecular weight is 524 g/mol. The second-order valence-electron chi connectivity index (χ2n) is 10.6. The van der Waals surface area contributed by atoms with Gasteiger partial charge in [0.15, 0.2) is 0 Å². The first-order valence-corrected chi connectivity index (χ1v) is 14.0. The number of hydrogen-bond donors (Lipinski definition) is 2. The summed E-state index contributed by atoms with van der Waals surface area (Å²) in [4.78, 5) is 15.6. The van der Waals surface area contributed by atoms with Gasteiger partial charge in [0.1, 0.15) is 5.82 Å². The van der Waals surface area contributed by atoms with Gasteiger partial charge in [-0.2, -0.15) is 5.10 Å². The normalized spacial score (nSPS) is 13.8.